The molecule has 0 amide bonds. The summed E-state index contributed by atoms with van der Waals surface area (Å²) in [5, 5.41) is 0. The number of hydrogen-bond donors (Lipinski definition) is 1. The molecular weight excluding hydrogens is 290 g/mol. The molecule has 0 saturated heterocycles. The Balaban J connectivity index is 2.76. The summed E-state index contributed by atoms with van der Waals surface area (Å²) in [6.07, 6.45) is 3.50. The van der Waals surface area contributed by atoms with Crippen LogP contribution >= 0.6 is 9.64 Å². The number of nitrogens with one attached hydrogen (secondary N) is 1. The Hall–Kier alpha value is 0.136. The topological polar surface area (TPSA) is 28.7 Å². The first kappa shape index (κ1) is 5.28. The van der Waals surface area contributed by atoms with Crippen LogP contribution in [0.4, 0.5) is 0 Å². The van der Waals surface area contributed by atoms with Gasteiger partial charge < -0.3 is 0 Å². The van der Waals surface area contributed by atoms with Crippen LogP contribution in [0.3, 0.4) is 0 Å². The van der Waals surface area contributed by atoms with Gasteiger partial charge in [0.1, 0.15) is 0 Å². The molecule has 0 aromatic carbocycles. The van der Waals surface area contributed by atoms with Crippen LogP contribution in [-0.2, 0) is 16.4 Å². The van der Waals surface area contributed by atoms with Crippen LogP contribution < -0.4 is 4.38 Å². The molecule has 0 aliphatic heterocycles. The number of rotatable bonds is 1. The first-order valence-electron chi connectivity index (χ1n) is 1.66. The van der Waals surface area contributed by atoms with Crippen LogP contribution in [0.25, 0.3) is 0 Å². The molecule has 40 valence electrons. The Kier molecular flexibility index (Phi) is 1.84. The second-order valence-electron chi connectivity index (χ2n) is 0.935. The summed E-state index contributed by atoms with van der Waals surface area (Å²) < 4.78 is 0.960. The zero-order valence-electron chi connectivity index (χ0n) is 3.33. The number of aromatic amines is 1. The Morgan fingerprint density at radius 1 is 1.86 bits per heavy atom. The molecule has 0 unspecified atom stereocenters. The quantitative estimate of drug-likeness (QED) is 0.791. The third-order valence-electron chi connectivity index (χ3n) is 0.521. The van der Waals surface area contributed by atoms with Crippen LogP contribution in [0.5, 0.6) is 0 Å². The molecule has 0 aliphatic rings. The SMILES string of the molecule is [Cl][Os][c]1ncc[nH]1. The van der Waals surface area contributed by atoms with Crippen molar-refractivity contribution in [2.45, 2.75) is 0 Å². The third kappa shape index (κ3) is 1.26. The van der Waals surface area contributed by atoms with Gasteiger partial charge in [0, 0.05) is 0 Å². The maximum atomic E-state index is 5.51. The van der Waals surface area contributed by atoms with Crippen molar-refractivity contribution in [2.24, 2.45) is 0 Å². The van der Waals surface area contributed by atoms with E-state index in [-0.39, 0.29) is 0 Å². The van der Waals surface area contributed by atoms with Gasteiger partial charge in [-0.05, 0) is 0 Å². The molecule has 0 fully saturated rings. The molecule has 1 aromatic heterocycles. The van der Waals surface area contributed by atoms with Crippen molar-refractivity contribution >= 4 is 14.0 Å². The predicted molar refractivity (Wildman–Crippen MR) is 24.1 cm³/mol. The van der Waals surface area contributed by atoms with Crippen LogP contribution in [0.2, 0.25) is 0 Å². The molecule has 0 spiro atoms. The monoisotopic (exact) mass is 294 g/mol. The molecule has 0 radical (unpaired) electrons. The summed E-state index contributed by atoms with van der Waals surface area (Å²) >= 11 is -0.561. The van der Waals surface area contributed by atoms with Gasteiger partial charge in [-0.25, -0.2) is 0 Å². The molecule has 1 heterocycles. The molecule has 1 N–H and O–H groups in total. The molecule has 7 heavy (non-hydrogen) atoms. The van der Waals surface area contributed by atoms with E-state index in [1.165, 1.54) is 0 Å². The molecule has 0 aliphatic carbocycles. The third-order valence-corrected chi connectivity index (χ3v) is 2.71. The number of aromatic nitrogens is 2. The first-order valence-corrected chi connectivity index (χ1v) is 6.08. The number of H-pyrrole nitrogens is 1. The van der Waals surface area contributed by atoms with Gasteiger partial charge in [-0.2, -0.15) is 0 Å². The van der Waals surface area contributed by atoms with Crippen molar-refractivity contribution < 1.29 is 16.4 Å². The van der Waals surface area contributed by atoms with Crippen LogP contribution in [0.15, 0.2) is 12.4 Å². The molecule has 2 nitrogen and oxygen atoms in total. The molecule has 0 saturated carbocycles. The predicted octanol–water partition coefficient (Wildman–Crippen LogP) is 0.271. The van der Waals surface area contributed by atoms with Crippen molar-refractivity contribution in [3.8, 4) is 0 Å². The molecule has 0 bridgehead atoms. The van der Waals surface area contributed by atoms with E-state index >= 15 is 0 Å². The van der Waals surface area contributed by atoms with E-state index in [1.54, 1.807) is 12.4 Å². The van der Waals surface area contributed by atoms with Gasteiger partial charge in [0.2, 0.25) is 0 Å². The Morgan fingerprint density at radius 3 is 3.00 bits per heavy atom. The second-order valence-corrected chi connectivity index (χ2v) is 3.71. The van der Waals surface area contributed by atoms with Crippen LogP contribution in [0, 0.1) is 0 Å². The summed E-state index contributed by atoms with van der Waals surface area (Å²) in [4.78, 5) is 6.81. The molecule has 1 aromatic rings. The van der Waals surface area contributed by atoms with Crippen molar-refractivity contribution in [3.63, 3.8) is 0 Å². The average molecular weight is 293 g/mol. The van der Waals surface area contributed by atoms with Crippen LogP contribution in [0.1, 0.15) is 0 Å². The second kappa shape index (κ2) is 2.45. The first-order chi connectivity index (χ1) is 3.43. The molecular formula is C3H3ClN2Os. The maximum absolute atomic E-state index is 5.51. The number of halogens is 1. The van der Waals surface area contributed by atoms with E-state index < -0.39 is 16.4 Å². The van der Waals surface area contributed by atoms with E-state index in [4.69, 9.17) is 9.64 Å². The number of hydrogen-bond acceptors (Lipinski definition) is 1. The van der Waals surface area contributed by atoms with Gasteiger partial charge in [0.05, 0.1) is 0 Å². The normalized spacial score (nSPS) is 9.86. The van der Waals surface area contributed by atoms with Crippen molar-refractivity contribution in [2.75, 3.05) is 0 Å². The standard InChI is InChI=1S/C3H3N2.ClH.Os/c1-2-5-3-4-1;;/h1-2H,(H,4,5);1H;/q;;+1/p-1. The molecule has 4 heteroatoms. The summed E-state index contributed by atoms with van der Waals surface area (Å²) in [7, 11) is 5.51. The molecule has 0 atom stereocenters. The summed E-state index contributed by atoms with van der Waals surface area (Å²) in [6, 6.07) is 0. The zero-order valence-corrected chi connectivity index (χ0v) is 6.63. The minimum absolute atomic E-state index is 0.561. The van der Waals surface area contributed by atoms with Gasteiger partial charge in [0.15, 0.2) is 0 Å². The minimum atomic E-state index is -0.561. The van der Waals surface area contributed by atoms with E-state index in [9.17, 15) is 0 Å². The van der Waals surface area contributed by atoms with Gasteiger partial charge in [-0.1, -0.05) is 0 Å². The number of nitrogens with zero attached hydrogens (tertiary/aromatic N) is 1. The average Bonchev–Trinajstić information content (AvgIpc) is 2.14. The Labute approximate surface area is 53.1 Å². The summed E-state index contributed by atoms with van der Waals surface area (Å²) in [6.45, 7) is 0. The van der Waals surface area contributed by atoms with E-state index in [0.29, 0.717) is 0 Å². The van der Waals surface area contributed by atoms with Gasteiger partial charge >= 0.3 is 52.8 Å². The van der Waals surface area contributed by atoms with E-state index in [1.807, 2.05) is 0 Å². The van der Waals surface area contributed by atoms with E-state index in [2.05, 4.69) is 9.97 Å². The van der Waals surface area contributed by atoms with E-state index in [0.717, 1.165) is 4.38 Å². The summed E-state index contributed by atoms with van der Waals surface area (Å²) in [5.41, 5.74) is 0. The van der Waals surface area contributed by atoms with Crippen molar-refractivity contribution in [1.29, 1.82) is 0 Å². The van der Waals surface area contributed by atoms with Gasteiger partial charge in [-0.15, -0.1) is 0 Å². The zero-order chi connectivity index (χ0) is 5.11. The number of imidazole rings is 1. The van der Waals surface area contributed by atoms with Gasteiger partial charge in [-0.3, -0.25) is 0 Å². The fraction of sp³-hybridized carbons (Fsp3) is 0. The fourth-order valence-electron chi connectivity index (χ4n) is 0.279. The van der Waals surface area contributed by atoms with Gasteiger partial charge in [0.25, 0.3) is 0 Å². The fourth-order valence-corrected chi connectivity index (χ4v) is 1.54. The Bertz CT molecular complexity index is 127. The van der Waals surface area contributed by atoms with Crippen molar-refractivity contribution in [3.05, 3.63) is 12.4 Å². The van der Waals surface area contributed by atoms with Crippen LogP contribution in [-0.4, -0.2) is 9.97 Å². The van der Waals surface area contributed by atoms with Crippen molar-refractivity contribution in [1.82, 2.24) is 9.97 Å². The summed E-state index contributed by atoms with van der Waals surface area (Å²) in [5.74, 6) is 0. The molecule has 1 rings (SSSR count). The Morgan fingerprint density at radius 2 is 2.71 bits per heavy atom.